The van der Waals surface area contributed by atoms with Gasteiger partial charge in [0.2, 0.25) is 0 Å². The number of imidazole rings is 1. The van der Waals surface area contributed by atoms with Crippen LogP contribution in [-0.2, 0) is 4.74 Å². The molecule has 2 aromatic carbocycles. The summed E-state index contributed by atoms with van der Waals surface area (Å²) in [6.45, 7) is 3.29. The second-order valence-corrected chi connectivity index (χ2v) is 7.90. The number of ether oxygens (including phenoxy) is 1. The second kappa shape index (κ2) is 8.80. The fraction of sp³-hybridized carbons (Fsp3) is 0.240. The summed E-state index contributed by atoms with van der Waals surface area (Å²) in [6.07, 6.45) is 5.42. The highest BCUT2D eigenvalue weighted by atomic mass is 16.5. The van der Waals surface area contributed by atoms with E-state index in [-0.39, 0.29) is 11.9 Å². The van der Waals surface area contributed by atoms with Crippen LogP contribution in [0.5, 0.6) is 0 Å². The lowest BCUT2D eigenvalue weighted by atomic mass is 10.0. The van der Waals surface area contributed by atoms with Crippen molar-refractivity contribution in [3.63, 3.8) is 0 Å². The average Bonchev–Trinajstić information content (AvgIpc) is 3.47. The monoisotopic (exact) mass is 428 g/mol. The maximum atomic E-state index is 12.5. The van der Waals surface area contributed by atoms with Crippen molar-refractivity contribution in [2.75, 3.05) is 13.2 Å². The minimum atomic E-state index is -0.0534. The number of hydrogen-bond donors (Lipinski definition) is 1. The van der Waals surface area contributed by atoms with E-state index in [4.69, 9.17) is 9.26 Å². The van der Waals surface area contributed by atoms with E-state index in [1.54, 1.807) is 6.33 Å². The maximum absolute atomic E-state index is 12.5. The molecule has 0 saturated carbocycles. The summed E-state index contributed by atoms with van der Waals surface area (Å²) in [5, 5.41) is 7.34. The van der Waals surface area contributed by atoms with E-state index in [2.05, 4.69) is 15.5 Å². The van der Waals surface area contributed by atoms with Gasteiger partial charge in [0.1, 0.15) is 11.5 Å². The number of amides is 1. The number of aryl methyl sites for hydroxylation is 1. The fourth-order valence-electron chi connectivity index (χ4n) is 3.96. The molecule has 0 spiro atoms. The summed E-state index contributed by atoms with van der Waals surface area (Å²) in [6, 6.07) is 17.6. The average molecular weight is 428 g/mol. The number of carbonyl (C=O) groups is 1. The summed E-state index contributed by atoms with van der Waals surface area (Å²) < 4.78 is 12.8. The Morgan fingerprint density at radius 1 is 1.06 bits per heavy atom. The van der Waals surface area contributed by atoms with Crippen LogP contribution < -0.4 is 5.32 Å². The summed E-state index contributed by atoms with van der Waals surface area (Å²) in [5.41, 5.74) is 4.97. The SMILES string of the molecule is Cc1onc(-c2ccccc2)c1-c1cn(-c2ccc(C(=O)NC3CCOCC3)cc2)cn1. The van der Waals surface area contributed by atoms with Gasteiger partial charge in [0.25, 0.3) is 5.91 Å². The second-order valence-electron chi connectivity index (χ2n) is 7.90. The molecule has 0 radical (unpaired) electrons. The van der Waals surface area contributed by atoms with Crippen molar-refractivity contribution < 1.29 is 14.1 Å². The first-order valence-corrected chi connectivity index (χ1v) is 10.7. The van der Waals surface area contributed by atoms with Crippen molar-refractivity contribution in [1.29, 1.82) is 0 Å². The van der Waals surface area contributed by atoms with E-state index in [0.29, 0.717) is 24.5 Å². The van der Waals surface area contributed by atoms with Gasteiger partial charge in [-0.3, -0.25) is 4.79 Å². The number of nitrogens with zero attached hydrogens (tertiary/aromatic N) is 3. The molecule has 1 aliphatic heterocycles. The van der Waals surface area contributed by atoms with Crippen LogP contribution in [0.1, 0.15) is 29.0 Å². The van der Waals surface area contributed by atoms with E-state index in [1.165, 1.54) is 0 Å². The highest BCUT2D eigenvalue weighted by molar-refractivity contribution is 5.94. The van der Waals surface area contributed by atoms with Crippen LogP contribution >= 0.6 is 0 Å². The Hall–Kier alpha value is -3.71. The molecule has 7 nitrogen and oxygen atoms in total. The first-order chi connectivity index (χ1) is 15.7. The highest BCUT2D eigenvalue weighted by Crippen LogP contribution is 2.33. The normalized spacial score (nSPS) is 14.4. The molecule has 3 heterocycles. The Morgan fingerprint density at radius 2 is 1.81 bits per heavy atom. The summed E-state index contributed by atoms with van der Waals surface area (Å²) in [4.78, 5) is 17.1. The van der Waals surface area contributed by atoms with Crippen LogP contribution in [0, 0.1) is 6.92 Å². The van der Waals surface area contributed by atoms with Crippen molar-refractivity contribution in [1.82, 2.24) is 20.0 Å². The van der Waals surface area contributed by atoms with Gasteiger partial charge in [0.15, 0.2) is 0 Å². The number of rotatable bonds is 5. The molecule has 0 atom stereocenters. The number of aromatic nitrogens is 3. The zero-order valence-electron chi connectivity index (χ0n) is 17.8. The molecule has 32 heavy (non-hydrogen) atoms. The van der Waals surface area contributed by atoms with Crippen molar-refractivity contribution in [3.05, 3.63) is 78.4 Å². The van der Waals surface area contributed by atoms with Crippen LogP contribution in [0.3, 0.4) is 0 Å². The molecule has 0 unspecified atom stereocenters. The standard InChI is InChI=1S/C25H24N4O3/c1-17-23(24(28-32-17)18-5-3-2-4-6-18)22-15-29(16-26-22)21-9-7-19(8-10-21)25(30)27-20-11-13-31-14-12-20/h2-10,15-16,20H,11-14H2,1H3,(H,27,30). The van der Waals surface area contributed by atoms with Gasteiger partial charge in [-0.1, -0.05) is 35.5 Å². The van der Waals surface area contributed by atoms with Crippen molar-refractivity contribution in [3.8, 4) is 28.2 Å². The molecule has 1 fully saturated rings. The van der Waals surface area contributed by atoms with Crippen LogP contribution in [0.25, 0.3) is 28.2 Å². The molecular weight excluding hydrogens is 404 g/mol. The van der Waals surface area contributed by atoms with E-state index in [9.17, 15) is 4.79 Å². The third kappa shape index (κ3) is 4.07. The van der Waals surface area contributed by atoms with Gasteiger partial charge in [-0.25, -0.2) is 4.98 Å². The topological polar surface area (TPSA) is 82.2 Å². The first-order valence-electron chi connectivity index (χ1n) is 10.7. The molecular formula is C25H24N4O3. The summed E-state index contributed by atoms with van der Waals surface area (Å²) >= 11 is 0. The Labute approximate surface area is 186 Å². The third-order valence-electron chi connectivity index (χ3n) is 5.73. The molecule has 1 amide bonds. The van der Waals surface area contributed by atoms with E-state index < -0.39 is 0 Å². The van der Waals surface area contributed by atoms with Gasteiger partial charge in [-0.15, -0.1) is 0 Å². The largest absolute Gasteiger partial charge is 0.381 e. The van der Waals surface area contributed by atoms with Crippen molar-refractivity contribution in [2.45, 2.75) is 25.8 Å². The number of nitrogens with one attached hydrogen (secondary N) is 1. The van der Waals surface area contributed by atoms with E-state index >= 15 is 0 Å². The molecule has 1 aliphatic rings. The summed E-state index contributed by atoms with van der Waals surface area (Å²) in [7, 11) is 0. The number of carbonyl (C=O) groups excluding carboxylic acids is 1. The summed E-state index contributed by atoms with van der Waals surface area (Å²) in [5.74, 6) is 0.664. The third-order valence-corrected chi connectivity index (χ3v) is 5.73. The predicted octanol–water partition coefficient (Wildman–Crippen LogP) is 4.41. The predicted molar refractivity (Wildman–Crippen MR) is 121 cm³/mol. The number of hydrogen-bond acceptors (Lipinski definition) is 5. The Balaban J connectivity index is 1.36. The van der Waals surface area contributed by atoms with Crippen LogP contribution in [0.15, 0.2) is 71.6 Å². The van der Waals surface area contributed by atoms with Gasteiger partial charge in [-0.2, -0.15) is 0 Å². The van der Waals surface area contributed by atoms with Gasteiger partial charge in [0.05, 0.1) is 17.6 Å². The smallest absolute Gasteiger partial charge is 0.251 e. The van der Waals surface area contributed by atoms with E-state index in [0.717, 1.165) is 41.0 Å². The van der Waals surface area contributed by atoms with Gasteiger partial charge < -0.3 is 19.1 Å². The zero-order chi connectivity index (χ0) is 21.9. The maximum Gasteiger partial charge on any atom is 0.251 e. The minimum Gasteiger partial charge on any atom is -0.381 e. The quantitative estimate of drug-likeness (QED) is 0.509. The van der Waals surface area contributed by atoms with Gasteiger partial charge in [-0.05, 0) is 44.0 Å². The fourth-order valence-corrected chi connectivity index (χ4v) is 3.96. The Kier molecular flexibility index (Phi) is 5.56. The molecule has 7 heteroatoms. The molecule has 162 valence electrons. The van der Waals surface area contributed by atoms with Crippen molar-refractivity contribution in [2.24, 2.45) is 0 Å². The van der Waals surface area contributed by atoms with Crippen LogP contribution in [-0.4, -0.2) is 39.9 Å². The molecule has 0 aliphatic carbocycles. The zero-order valence-corrected chi connectivity index (χ0v) is 17.8. The molecule has 0 bridgehead atoms. The molecule has 4 aromatic rings. The first kappa shape index (κ1) is 20.2. The molecule has 1 N–H and O–H groups in total. The molecule has 5 rings (SSSR count). The highest BCUT2D eigenvalue weighted by Gasteiger charge is 2.19. The van der Waals surface area contributed by atoms with Gasteiger partial charge in [0, 0.05) is 42.3 Å². The van der Waals surface area contributed by atoms with E-state index in [1.807, 2.05) is 72.3 Å². The molecule has 2 aromatic heterocycles. The lowest BCUT2D eigenvalue weighted by Gasteiger charge is -2.23. The van der Waals surface area contributed by atoms with Gasteiger partial charge >= 0.3 is 0 Å². The van der Waals surface area contributed by atoms with Crippen LogP contribution in [0.4, 0.5) is 0 Å². The lowest BCUT2D eigenvalue weighted by molar-refractivity contribution is 0.0696. The molecule has 1 saturated heterocycles. The minimum absolute atomic E-state index is 0.0534. The lowest BCUT2D eigenvalue weighted by Crippen LogP contribution is -2.38. The van der Waals surface area contributed by atoms with Crippen LogP contribution in [0.2, 0.25) is 0 Å². The Morgan fingerprint density at radius 3 is 2.56 bits per heavy atom. The van der Waals surface area contributed by atoms with Crippen molar-refractivity contribution >= 4 is 5.91 Å². The number of benzene rings is 2. The Bertz CT molecular complexity index is 1210.